The Morgan fingerprint density at radius 3 is 2.84 bits per heavy atom. The van der Waals surface area contributed by atoms with Crippen LogP contribution in [0.2, 0.25) is 5.02 Å². The number of rotatable bonds is 7. The number of aliphatic imine (C=N–C) groups is 1. The number of thiazole rings is 1. The number of fused-ring (bicyclic) bond motifs is 1. The molecule has 3 aliphatic heterocycles. The van der Waals surface area contributed by atoms with E-state index in [4.69, 9.17) is 21.3 Å². The van der Waals surface area contributed by atoms with E-state index >= 15 is 0 Å². The van der Waals surface area contributed by atoms with E-state index in [2.05, 4.69) is 15.2 Å². The second-order valence-electron chi connectivity index (χ2n) is 9.71. The average Bonchev–Trinajstić information content (AvgIpc) is 3.54. The number of hydrogen-bond donors (Lipinski definition) is 1. The van der Waals surface area contributed by atoms with Crippen LogP contribution in [0.3, 0.4) is 0 Å². The maximum absolute atomic E-state index is 14.5. The molecule has 2 saturated heterocycles. The van der Waals surface area contributed by atoms with Crippen LogP contribution in [0, 0.1) is 5.82 Å². The number of hydrogen-bond acceptors (Lipinski definition) is 8. The predicted molar refractivity (Wildman–Crippen MR) is 144 cm³/mol. The molecule has 1 N–H and O–H groups in total. The number of amides is 2. The number of esters is 1. The molecule has 0 unspecified atom stereocenters. The monoisotopic (exact) mass is 560 g/mol. The van der Waals surface area contributed by atoms with Gasteiger partial charge in [0.2, 0.25) is 0 Å². The summed E-state index contributed by atoms with van der Waals surface area (Å²) in [7, 11) is 0. The van der Waals surface area contributed by atoms with Crippen molar-refractivity contribution in [2.75, 3.05) is 39.3 Å². The second kappa shape index (κ2) is 11.0. The van der Waals surface area contributed by atoms with Crippen LogP contribution in [0.5, 0.6) is 0 Å². The molecule has 2 atom stereocenters. The molecule has 4 heterocycles. The van der Waals surface area contributed by atoms with Gasteiger partial charge in [-0.05, 0) is 26.8 Å². The first kappa shape index (κ1) is 26.6. The van der Waals surface area contributed by atoms with Crippen molar-refractivity contribution < 1.29 is 18.7 Å². The first-order valence-corrected chi connectivity index (χ1v) is 13.9. The van der Waals surface area contributed by atoms with Crippen LogP contribution in [0.4, 0.5) is 9.18 Å². The maximum Gasteiger partial charge on any atom is 0.338 e. The largest absolute Gasteiger partial charge is 0.463 e. The summed E-state index contributed by atoms with van der Waals surface area (Å²) in [5.41, 5.74) is 1.27. The maximum atomic E-state index is 14.5. The third-order valence-corrected chi connectivity index (χ3v) is 8.18. The predicted octanol–water partition coefficient (Wildman–Crippen LogP) is 3.67. The lowest BCUT2D eigenvalue weighted by Crippen LogP contribution is -2.53. The number of benzene rings is 1. The molecule has 2 amide bonds. The van der Waals surface area contributed by atoms with Crippen molar-refractivity contribution in [2.45, 2.75) is 38.9 Å². The summed E-state index contributed by atoms with van der Waals surface area (Å²) < 4.78 is 20.0. The number of amidine groups is 1. The summed E-state index contributed by atoms with van der Waals surface area (Å²) in [6.45, 7) is 8.91. The Balaban J connectivity index is 1.51. The van der Waals surface area contributed by atoms with Gasteiger partial charge in [-0.1, -0.05) is 23.7 Å². The van der Waals surface area contributed by atoms with E-state index in [9.17, 15) is 14.0 Å². The summed E-state index contributed by atoms with van der Waals surface area (Å²) in [4.78, 5) is 41.4. The van der Waals surface area contributed by atoms with Crippen LogP contribution in [-0.2, 0) is 9.53 Å². The summed E-state index contributed by atoms with van der Waals surface area (Å²) in [5.74, 6) is -0.646. The van der Waals surface area contributed by atoms with Crippen LogP contribution in [0.25, 0.3) is 0 Å². The minimum Gasteiger partial charge on any atom is -0.463 e. The molecule has 0 spiro atoms. The van der Waals surface area contributed by atoms with Crippen molar-refractivity contribution in [3.63, 3.8) is 0 Å². The minimum absolute atomic E-state index is 0.0643. The molecule has 1 aromatic carbocycles. The standard InChI is InChI=1S/C26H30ClFN6O3S/c1-4-37-25(35)20-19(14-32-9-10-33-16(12-32)13-34(15(2)3)26(33)36)30-23(24-29-8-11-38-24)31-22(20)17-6-5-7-18(28)21(17)27/h5-8,11,15-16,22H,4,9-10,12-14H2,1-3H3,(H,30,31)/t16-,22-/m0/s1. The van der Waals surface area contributed by atoms with Crippen molar-refractivity contribution in [3.8, 4) is 0 Å². The highest BCUT2D eigenvalue weighted by Crippen LogP contribution is 2.37. The third-order valence-electron chi connectivity index (χ3n) is 7.00. The van der Waals surface area contributed by atoms with Crippen molar-refractivity contribution in [1.82, 2.24) is 25.0 Å². The van der Waals surface area contributed by atoms with Crippen LogP contribution in [-0.4, -0.2) is 88.9 Å². The summed E-state index contributed by atoms with van der Waals surface area (Å²) in [6.07, 6.45) is 1.68. The van der Waals surface area contributed by atoms with E-state index < -0.39 is 17.8 Å². The molecule has 0 bridgehead atoms. The van der Waals surface area contributed by atoms with Gasteiger partial charge < -0.3 is 19.9 Å². The Hall–Kier alpha value is -3.02. The SMILES string of the molecule is CCOC(=O)C1=C(CN2CCN3C(=O)N(C(C)C)C[C@@H]3C2)NC(c2nccs2)=N[C@H]1c1cccc(F)c1Cl. The number of piperazine rings is 1. The molecule has 0 saturated carbocycles. The van der Waals surface area contributed by atoms with Crippen molar-refractivity contribution >= 4 is 40.8 Å². The van der Waals surface area contributed by atoms with Crippen molar-refractivity contribution in [3.05, 3.63) is 62.5 Å². The van der Waals surface area contributed by atoms with Gasteiger partial charge in [0.15, 0.2) is 10.8 Å². The van der Waals surface area contributed by atoms with E-state index in [1.54, 1.807) is 25.3 Å². The van der Waals surface area contributed by atoms with Gasteiger partial charge in [-0.2, -0.15) is 0 Å². The Morgan fingerprint density at radius 1 is 1.32 bits per heavy atom. The fraction of sp³-hybridized carbons (Fsp3) is 0.462. The number of carbonyl (C=O) groups excluding carboxylic acids is 2. The quantitative estimate of drug-likeness (QED) is 0.520. The first-order chi connectivity index (χ1) is 18.3. The fourth-order valence-corrected chi connectivity index (χ4v) is 5.99. The Morgan fingerprint density at radius 2 is 2.13 bits per heavy atom. The topological polar surface area (TPSA) is 90.4 Å². The lowest BCUT2D eigenvalue weighted by Gasteiger charge is -2.38. The number of carbonyl (C=O) groups is 2. The van der Waals surface area contributed by atoms with E-state index in [1.165, 1.54) is 17.4 Å². The molecule has 5 rings (SSSR count). The fourth-order valence-electron chi connectivity index (χ4n) is 5.17. The molecule has 0 aliphatic carbocycles. The number of halogens is 2. The molecule has 3 aliphatic rings. The zero-order valence-corrected chi connectivity index (χ0v) is 23.1. The van der Waals surface area contributed by atoms with Crippen LogP contribution in [0.15, 0.2) is 46.0 Å². The lowest BCUT2D eigenvalue weighted by molar-refractivity contribution is -0.139. The van der Waals surface area contributed by atoms with E-state index in [-0.39, 0.29) is 35.3 Å². The van der Waals surface area contributed by atoms with Crippen molar-refractivity contribution in [1.29, 1.82) is 0 Å². The number of aromatic nitrogens is 1. The number of urea groups is 1. The van der Waals surface area contributed by atoms with Gasteiger partial charge >= 0.3 is 12.0 Å². The zero-order chi connectivity index (χ0) is 27.0. The lowest BCUT2D eigenvalue weighted by atomic mass is 9.95. The van der Waals surface area contributed by atoms with E-state index in [0.717, 1.165) is 0 Å². The second-order valence-corrected chi connectivity index (χ2v) is 11.0. The van der Waals surface area contributed by atoms with Gasteiger partial charge in [-0.25, -0.2) is 19.0 Å². The van der Waals surface area contributed by atoms with Crippen LogP contribution < -0.4 is 5.32 Å². The highest BCUT2D eigenvalue weighted by atomic mass is 35.5. The summed E-state index contributed by atoms with van der Waals surface area (Å²) in [5, 5.41) is 5.72. The van der Waals surface area contributed by atoms with Gasteiger partial charge in [0.25, 0.3) is 0 Å². The Kier molecular flexibility index (Phi) is 7.69. The molecule has 2 fully saturated rings. The van der Waals surface area contributed by atoms with Gasteiger partial charge in [0, 0.05) is 61.6 Å². The van der Waals surface area contributed by atoms with Gasteiger partial charge in [-0.15, -0.1) is 11.3 Å². The Labute approximate surface area is 229 Å². The van der Waals surface area contributed by atoms with Gasteiger partial charge in [0.1, 0.15) is 11.9 Å². The number of ether oxygens (including phenoxy) is 1. The third kappa shape index (κ3) is 5.02. The molecular formula is C26H30ClFN6O3S. The number of nitrogens with one attached hydrogen (secondary N) is 1. The van der Waals surface area contributed by atoms with E-state index in [1.807, 2.05) is 29.0 Å². The molecule has 12 heteroatoms. The van der Waals surface area contributed by atoms with Gasteiger partial charge in [-0.3, -0.25) is 9.89 Å². The van der Waals surface area contributed by atoms with Crippen molar-refractivity contribution in [2.24, 2.45) is 4.99 Å². The van der Waals surface area contributed by atoms with Crippen LogP contribution >= 0.6 is 22.9 Å². The zero-order valence-electron chi connectivity index (χ0n) is 21.5. The Bertz CT molecular complexity index is 1280. The number of nitrogens with zero attached hydrogens (tertiary/aromatic N) is 5. The molecular weight excluding hydrogens is 531 g/mol. The van der Waals surface area contributed by atoms with Crippen LogP contribution in [0.1, 0.15) is 37.4 Å². The van der Waals surface area contributed by atoms with Gasteiger partial charge in [0.05, 0.1) is 23.2 Å². The molecule has 2 aromatic rings. The average molecular weight is 561 g/mol. The molecule has 1 aromatic heterocycles. The molecule has 9 nitrogen and oxygen atoms in total. The minimum atomic E-state index is -0.877. The van der Waals surface area contributed by atoms with E-state index in [0.29, 0.717) is 54.8 Å². The normalized spacial score (nSPS) is 22.1. The summed E-state index contributed by atoms with van der Waals surface area (Å²) >= 11 is 7.80. The molecule has 202 valence electrons. The smallest absolute Gasteiger partial charge is 0.338 e. The highest BCUT2D eigenvalue weighted by Gasteiger charge is 2.42. The first-order valence-electron chi connectivity index (χ1n) is 12.7. The highest BCUT2D eigenvalue weighted by molar-refractivity contribution is 7.11. The molecule has 38 heavy (non-hydrogen) atoms. The molecule has 0 radical (unpaired) electrons. The summed E-state index contributed by atoms with van der Waals surface area (Å²) in [6, 6.07) is 3.89.